The Labute approximate surface area is 115 Å². The lowest BCUT2D eigenvalue weighted by atomic mass is 10.0. The summed E-state index contributed by atoms with van der Waals surface area (Å²) in [6, 6.07) is 7.81. The predicted molar refractivity (Wildman–Crippen MR) is 76.8 cm³/mol. The molecule has 106 valence electrons. The van der Waals surface area contributed by atoms with Crippen LogP contribution in [0.25, 0.3) is 0 Å². The van der Waals surface area contributed by atoms with E-state index in [1.165, 1.54) is 0 Å². The summed E-state index contributed by atoms with van der Waals surface area (Å²) >= 11 is 0. The van der Waals surface area contributed by atoms with E-state index in [0.717, 1.165) is 18.4 Å². The smallest absolute Gasteiger partial charge is 0.249 e. The van der Waals surface area contributed by atoms with Gasteiger partial charge in [-0.2, -0.15) is 0 Å². The van der Waals surface area contributed by atoms with Gasteiger partial charge in [0.05, 0.1) is 6.61 Å². The summed E-state index contributed by atoms with van der Waals surface area (Å²) in [7, 11) is 0. The summed E-state index contributed by atoms with van der Waals surface area (Å²) in [6.45, 7) is 5.65. The minimum absolute atomic E-state index is 0.120. The Bertz CT molecular complexity index is 403. The third-order valence-corrected chi connectivity index (χ3v) is 3.50. The minimum Gasteiger partial charge on any atom is -0.395 e. The second-order valence-corrected chi connectivity index (χ2v) is 4.69. The molecular weight excluding hydrogens is 240 g/mol. The Morgan fingerprint density at radius 2 is 1.95 bits per heavy atom. The molecule has 0 atom stereocenters. The van der Waals surface area contributed by atoms with Crippen LogP contribution in [0.1, 0.15) is 42.6 Å². The minimum atomic E-state index is -0.399. The third-order valence-electron chi connectivity index (χ3n) is 3.50. The zero-order valence-corrected chi connectivity index (χ0v) is 11.8. The standard InChI is InChI=1S/C15H24N2O2/c1-3-13(4-2)17(9-10-18)11-12-7-5-6-8-14(12)15(16)19/h5-8,13,18H,3-4,9-11H2,1-2H3,(H2,16,19). The first-order valence-electron chi connectivity index (χ1n) is 6.86. The average molecular weight is 264 g/mol. The summed E-state index contributed by atoms with van der Waals surface area (Å²) in [4.78, 5) is 13.6. The van der Waals surface area contributed by atoms with Gasteiger partial charge in [0.25, 0.3) is 0 Å². The van der Waals surface area contributed by atoms with Gasteiger partial charge >= 0.3 is 0 Å². The Hall–Kier alpha value is -1.39. The second kappa shape index (κ2) is 7.92. The first-order chi connectivity index (χ1) is 9.13. The summed E-state index contributed by atoms with van der Waals surface area (Å²) < 4.78 is 0. The zero-order valence-electron chi connectivity index (χ0n) is 11.8. The van der Waals surface area contributed by atoms with E-state index in [-0.39, 0.29) is 6.61 Å². The molecule has 0 aromatic heterocycles. The van der Waals surface area contributed by atoms with E-state index in [0.29, 0.717) is 24.7 Å². The SMILES string of the molecule is CCC(CC)N(CCO)Cc1ccccc1C(N)=O. The van der Waals surface area contributed by atoms with Gasteiger partial charge in [0.15, 0.2) is 0 Å². The molecule has 0 unspecified atom stereocenters. The number of carbonyl (C=O) groups excluding carboxylic acids is 1. The Kier molecular flexibility index (Phi) is 6.53. The van der Waals surface area contributed by atoms with Gasteiger partial charge in [-0.05, 0) is 24.5 Å². The number of nitrogens with two attached hydrogens (primary N) is 1. The first-order valence-corrected chi connectivity index (χ1v) is 6.86. The van der Waals surface area contributed by atoms with Crippen molar-refractivity contribution in [1.82, 2.24) is 4.90 Å². The fourth-order valence-electron chi connectivity index (χ4n) is 2.44. The Morgan fingerprint density at radius 1 is 1.32 bits per heavy atom. The van der Waals surface area contributed by atoms with Crippen LogP contribution in [0, 0.1) is 0 Å². The molecule has 1 rings (SSSR count). The molecule has 1 aromatic rings. The molecule has 0 heterocycles. The van der Waals surface area contributed by atoms with Crippen LogP contribution in [-0.4, -0.2) is 35.1 Å². The van der Waals surface area contributed by atoms with Crippen LogP contribution >= 0.6 is 0 Å². The highest BCUT2D eigenvalue weighted by Gasteiger charge is 2.17. The molecule has 0 aliphatic rings. The van der Waals surface area contributed by atoms with Crippen LogP contribution in [0.3, 0.4) is 0 Å². The van der Waals surface area contributed by atoms with Crippen LogP contribution in [-0.2, 0) is 6.54 Å². The fraction of sp³-hybridized carbons (Fsp3) is 0.533. The van der Waals surface area contributed by atoms with Gasteiger partial charge in [-0.15, -0.1) is 0 Å². The van der Waals surface area contributed by atoms with Crippen molar-refractivity contribution < 1.29 is 9.90 Å². The highest BCUT2D eigenvalue weighted by molar-refractivity contribution is 5.94. The number of aliphatic hydroxyl groups excluding tert-OH is 1. The number of rotatable bonds is 8. The molecule has 0 radical (unpaired) electrons. The molecule has 1 aromatic carbocycles. The topological polar surface area (TPSA) is 66.6 Å². The van der Waals surface area contributed by atoms with E-state index in [2.05, 4.69) is 18.7 Å². The Morgan fingerprint density at radius 3 is 2.47 bits per heavy atom. The molecule has 4 heteroatoms. The normalized spacial score (nSPS) is 11.2. The number of carbonyl (C=O) groups is 1. The molecule has 1 amide bonds. The zero-order chi connectivity index (χ0) is 14.3. The van der Waals surface area contributed by atoms with Crippen LogP contribution in [0.4, 0.5) is 0 Å². The Balaban J connectivity index is 2.93. The van der Waals surface area contributed by atoms with Crippen molar-refractivity contribution in [3.8, 4) is 0 Å². The lowest BCUT2D eigenvalue weighted by Crippen LogP contribution is -2.36. The van der Waals surface area contributed by atoms with E-state index in [1.54, 1.807) is 6.07 Å². The van der Waals surface area contributed by atoms with E-state index in [4.69, 9.17) is 5.73 Å². The van der Waals surface area contributed by atoms with Crippen molar-refractivity contribution in [2.24, 2.45) is 5.73 Å². The monoisotopic (exact) mass is 264 g/mol. The van der Waals surface area contributed by atoms with Crippen molar-refractivity contribution in [2.45, 2.75) is 39.3 Å². The maximum atomic E-state index is 11.4. The molecule has 0 aliphatic carbocycles. The highest BCUT2D eigenvalue weighted by atomic mass is 16.3. The van der Waals surface area contributed by atoms with E-state index >= 15 is 0 Å². The number of hydrogen-bond donors (Lipinski definition) is 2. The van der Waals surface area contributed by atoms with E-state index in [9.17, 15) is 9.90 Å². The maximum Gasteiger partial charge on any atom is 0.249 e. The molecule has 0 aliphatic heterocycles. The van der Waals surface area contributed by atoms with Gasteiger partial charge in [-0.1, -0.05) is 32.0 Å². The number of amides is 1. The number of nitrogens with zero attached hydrogens (tertiary/aromatic N) is 1. The van der Waals surface area contributed by atoms with E-state index in [1.807, 2.05) is 18.2 Å². The van der Waals surface area contributed by atoms with Crippen LogP contribution < -0.4 is 5.73 Å². The van der Waals surface area contributed by atoms with Crippen molar-refractivity contribution in [3.63, 3.8) is 0 Å². The summed E-state index contributed by atoms with van der Waals surface area (Å²) in [5, 5.41) is 9.20. The first kappa shape index (κ1) is 15.7. The molecule has 3 N–H and O–H groups in total. The average Bonchev–Trinajstić information content (AvgIpc) is 2.40. The van der Waals surface area contributed by atoms with Crippen molar-refractivity contribution in [3.05, 3.63) is 35.4 Å². The lowest BCUT2D eigenvalue weighted by Gasteiger charge is -2.30. The van der Waals surface area contributed by atoms with Crippen LogP contribution in [0.2, 0.25) is 0 Å². The van der Waals surface area contributed by atoms with E-state index < -0.39 is 5.91 Å². The van der Waals surface area contributed by atoms with Crippen molar-refractivity contribution in [1.29, 1.82) is 0 Å². The highest BCUT2D eigenvalue weighted by Crippen LogP contribution is 2.16. The molecule has 4 nitrogen and oxygen atoms in total. The summed E-state index contributed by atoms with van der Waals surface area (Å²) in [5.41, 5.74) is 6.89. The van der Waals surface area contributed by atoms with Gasteiger partial charge in [-0.25, -0.2) is 0 Å². The summed E-state index contributed by atoms with van der Waals surface area (Å²) in [6.07, 6.45) is 2.05. The van der Waals surface area contributed by atoms with Crippen LogP contribution in [0.15, 0.2) is 24.3 Å². The number of benzene rings is 1. The molecule has 19 heavy (non-hydrogen) atoms. The molecule has 0 bridgehead atoms. The van der Waals surface area contributed by atoms with Crippen LogP contribution in [0.5, 0.6) is 0 Å². The lowest BCUT2D eigenvalue weighted by molar-refractivity contribution is 0.0995. The van der Waals surface area contributed by atoms with Crippen molar-refractivity contribution in [2.75, 3.05) is 13.2 Å². The maximum absolute atomic E-state index is 11.4. The summed E-state index contributed by atoms with van der Waals surface area (Å²) in [5.74, 6) is -0.399. The fourth-order valence-corrected chi connectivity index (χ4v) is 2.44. The van der Waals surface area contributed by atoms with Gasteiger partial charge in [-0.3, -0.25) is 9.69 Å². The number of aliphatic hydroxyl groups is 1. The molecule has 0 saturated heterocycles. The van der Waals surface area contributed by atoms with Gasteiger partial charge in [0, 0.05) is 24.7 Å². The van der Waals surface area contributed by atoms with Gasteiger partial charge in [0.2, 0.25) is 5.91 Å². The molecular formula is C15H24N2O2. The largest absolute Gasteiger partial charge is 0.395 e. The van der Waals surface area contributed by atoms with Gasteiger partial charge < -0.3 is 10.8 Å². The third kappa shape index (κ3) is 4.33. The number of hydrogen-bond acceptors (Lipinski definition) is 3. The van der Waals surface area contributed by atoms with Crippen molar-refractivity contribution >= 4 is 5.91 Å². The molecule has 0 saturated carbocycles. The second-order valence-electron chi connectivity index (χ2n) is 4.69. The quantitative estimate of drug-likeness (QED) is 0.752. The molecule has 0 fully saturated rings. The van der Waals surface area contributed by atoms with Gasteiger partial charge in [0.1, 0.15) is 0 Å². The number of primary amides is 1. The predicted octanol–water partition coefficient (Wildman–Crippen LogP) is 1.77. The molecule has 0 spiro atoms.